The van der Waals surface area contributed by atoms with Gasteiger partial charge in [0.25, 0.3) is 5.91 Å². The van der Waals surface area contributed by atoms with Crippen molar-refractivity contribution in [1.29, 1.82) is 0 Å². The number of nitrogens with zero attached hydrogens (tertiary/aromatic N) is 3. The molecule has 2 aliphatic rings. The van der Waals surface area contributed by atoms with E-state index >= 15 is 0 Å². The molecular weight excluding hydrogens is 360 g/mol. The molecule has 28 heavy (non-hydrogen) atoms. The second kappa shape index (κ2) is 6.68. The van der Waals surface area contributed by atoms with Gasteiger partial charge >= 0.3 is 0 Å². The Morgan fingerprint density at radius 2 is 2.21 bits per heavy atom. The minimum atomic E-state index is -0.229. The van der Waals surface area contributed by atoms with Gasteiger partial charge in [-0.05, 0) is 30.5 Å². The molecule has 2 aliphatic heterocycles. The van der Waals surface area contributed by atoms with Gasteiger partial charge in [0.15, 0.2) is 11.5 Å². The Morgan fingerprint density at radius 1 is 1.32 bits per heavy atom. The second-order valence-electron chi connectivity index (χ2n) is 6.92. The molecule has 1 aromatic carbocycles. The van der Waals surface area contributed by atoms with E-state index in [-0.39, 0.29) is 18.6 Å². The number of carbonyl (C=O) groups is 1. The zero-order chi connectivity index (χ0) is 19.1. The van der Waals surface area contributed by atoms with Crippen molar-refractivity contribution in [2.75, 3.05) is 18.7 Å². The number of aromatic nitrogens is 4. The molecule has 1 amide bonds. The number of rotatable bonds is 4. The van der Waals surface area contributed by atoms with Crippen LogP contribution in [0.1, 0.15) is 34.8 Å². The first-order valence-electron chi connectivity index (χ1n) is 9.25. The molecule has 0 radical (unpaired) electrons. The van der Waals surface area contributed by atoms with Crippen LogP contribution in [0.3, 0.4) is 0 Å². The molecule has 2 aromatic heterocycles. The summed E-state index contributed by atoms with van der Waals surface area (Å²) < 4.78 is 12.7. The van der Waals surface area contributed by atoms with E-state index in [1.54, 1.807) is 12.4 Å². The Morgan fingerprint density at radius 3 is 3.11 bits per heavy atom. The first-order valence-corrected chi connectivity index (χ1v) is 9.25. The Bertz CT molecular complexity index is 1040. The SMILES string of the molecule is NCC1CCCn2ncc(C(=O)Nc3[nH]ncc3-c3ccc4c(c3)OCO4)c21. The van der Waals surface area contributed by atoms with Gasteiger partial charge in [-0.15, -0.1) is 0 Å². The number of anilines is 1. The predicted molar refractivity (Wildman–Crippen MR) is 101 cm³/mol. The van der Waals surface area contributed by atoms with Gasteiger partial charge in [0.1, 0.15) is 5.82 Å². The smallest absolute Gasteiger partial charge is 0.260 e. The van der Waals surface area contributed by atoms with Crippen molar-refractivity contribution in [3.8, 4) is 22.6 Å². The molecule has 5 rings (SSSR count). The van der Waals surface area contributed by atoms with E-state index < -0.39 is 0 Å². The van der Waals surface area contributed by atoms with E-state index in [9.17, 15) is 4.79 Å². The number of aromatic amines is 1. The number of nitrogens with two attached hydrogens (primary N) is 1. The van der Waals surface area contributed by atoms with E-state index in [0.29, 0.717) is 29.4 Å². The molecule has 1 unspecified atom stereocenters. The summed E-state index contributed by atoms with van der Waals surface area (Å²) in [5.41, 5.74) is 9.02. The van der Waals surface area contributed by atoms with Gasteiger partial charge in [0.2, 0.25) is 6.79 Å². The number of benzene rings is 1. The molecule has 9 nitrogen and oxygen atoms in total. The topological polar surface area (TPSA) is 120 Å². The summed E-state index contributed by atoms with van der Waals surface area (Å²) in [6.45, 7) is 1.52. The molecule has 0 spiro atoms. The minimum absolute atomic E-state index is 0.145. The summed E-state index contributed by atoms with van der Waals surface area (Å²) in [6.07, 6.45) is 5.28. The van der Waals surface area contributed by atoms with Crippen molar-refractivity contribution in [2.45, 2.75) is 25.3 Å². The highest BCUT2D eigenvalue weighted by molar-refractivity contribution is 6.06. The lowest BCUT2D eigenvalue weighted by molar-refractivity contribution is 0.102. The Balaban J connectivity index is 1.43. The van der Waals surface area contributed by atoms with Gasteiger partial charge in [0.05, 0.1) is 23.7 Å². The molecule has 0 bridgehead atoms. The maximum absolute atomic E-state index is 13.0. The van der Waals surface area contributed by atoms with Gasteiger partial charge < -0.3 is 20.5 Å². The number of nitrogens with one attached hydrogen (secondary N) is 2. The first-order chi connectivity index (χ1) is 13.7. The van der Waals surface area contributed by atoms with Crippen LogP contribution in [-0.2, 0) is 6.54 Å². The van der Waals surface area contributed by atoms with Crippen LogP contribution in [-0.4, -0.2) is 39.2 Å². The third-order valence-electron chi connectivity index (χ3n) is 5.28. The molecular formula is C19H20N6O3. The second-order valence-corrected chi connectivity index (χ2v) is 6.92. The van der Waals surface area contributed by atoms with Crippen LogP contribution < -0.4 is 20.5 Å². The molecule has 0 fully saturated rings. The highest BCUT2D eigenvalue weighted by atomic mass is 16.7. The fourth-order valence-corrected chi connectivity index (χ4v) is 3.88. The average molecular weight is 380 g/mol. The van der Waals surface area contributed by atoms with Crippen molar-refractivity contribution in [1.82, 2.24) is 20.0 Å². The number of carbonyl (C=O) groups excluding carboxylic acids is 1. The Labute approximate surface area is 160 Å². The summed E-state index contributed by atoms with van der Waals surface area (Å²) in [6, 6.07) is 5.62. The fraction of sp³-hybridized carbons (Fsp3) is 0.316. The van der Waals surface area contributed by atoms with E-state index in [4.69, 9.17) is 15.2 Å². The van der Waals surface area contributed by atoms with Crippen LogP contribution in [0.25, 0.3) is 11.1 Å². The van der Waals surface area contributed by atoms with E-state index in [1.165, 1.54) is 0 Å². The summed E-state index contributed by atoms with van der Waals surface area (Å²) in [4.78, 5) is 13.0. The maximum Gasteiger partial charge on any atom is 0.260 e. The zero-order valence-corrected chi connectivity index (χ0v) is 15.1. The molecule has 1 atom stereocenters. The van der Waals surface area contributed by atoms with Gasteiger partial charge in [-0.2, -0.15) is 10.2 Å². The summed E-state index contributed by atoms with van der Waals surface area (Å²) in [5.74, 6) is 1.81. The van der Waals surface area contributed by atoms with Crippen LogP contribution in [0.5, 0.6) is 11.5 Å². The first kappa shape index (κ1) is 16.8. The lowest BCUT2D eigenvalue weighted by Crippen LogP contribution is -2.25. The zero-order valence-electron chi connectivity index (χ0n) is 15.1. The van der Waals surface area contributed by atoms with Gasteiger partial charge in [0, 0.05) is 24.6 Å². The molecule has 0 saturated heterocycles. The minimum Gasteiger partial charge on any atom is -0.454 e. The van der Waals surface area contributed by atoms with Crippen LogP contribution >= 0.6 is 0 Å². The number of H-pyrrole nitrogens is 1. The van der Waals surface area contributed by atoms with E-state index in [1.807, 2.05) is 22.9 Å². The Kier molecular flexibility index (Phi) is 4.01. The number of amides is 1. The predicted octanol–water partition coefficient (Wildman–Crippen LogP) is 2.09. The quantitative estimate of drug-likeness (QED) is 0.637. The normalized spacial score (nSPS) is 17.4. The van der Waals surface area contributed by atoms with Crippen molar-refractivity contribution in [2.24, 2.45) is 5.73 Å². The van der Waals surface area contributed by atoms with Gasteiger partial charge in [-0.25, -0.2) is 0 Å². The summed E-state index contributed by atoms with van der Waals surface area (Å²) in [7, 11) is 0. The molecule has 4 heterocycles. The average Bonchev–Trinajstić information content (AvgIpc) is 3.45. The monoisotopic (exact) mass is 380 g/mol. The third-order valence-corrected chi connectivity index (χ3v) is 5.28. The number of ether oxygens (including phenoxy) is 2. The van der Waals surface area contributed by atoms with Crippen molar-refractivity contribution >= 4 is 11.7 Å². The largest absolute Gasteiger partial charge is 0.454 e. The number of hydrogen-bond acceptors (Lipinski definition) is 6. The van der Waals surface area contributed by atoms with Crippen molar-refractivity contribution in [3.05, 3.63) is 41.9 Å². The molecule has 3 aromatic rings. The van der Waals surface area contributed by atoms with Crippen molar-refractivity contribution < 1.29 is 14.3 Å². The molecule has 144 valence electrons. The molecule has 4 N–H and O–H groups in total. The highest BCUT2D eigenvalue weighted by Crippen LogP contribution is 2.37. The summed E-state index contributed by atoms with van der Waals surface area (Å²) >= 11 is 0. The molecule has 0 saturated carbocycles. The third kappa shape index (κ3) is 2.71. The van der Waals surface area contributed by atoms with Crippen LogP contribution in [0.2, 0.25) is 0 Å². The standard InChI is InChI=1S/C19H20N6O3/c20-7-12-2-1-5-25-17(12)14(9-22-25)19(26)23-18-13(8-21-24-18)11-3-4-15-16(6-11)28-10-27-15/h3-4,6,8-9,12H,1-2,5,7,10,20H2,(H2,21,23,24,26). The lowest BCUT2D eigenvalue weighted by atomic mass is 9.93. The number of fused-ring (bicyclic) bond motifs is 2. The molecule has 0 aliphatic carbocycles. The maximum atomic E-state index is 13.0. The molecule has 9 heteroatoms. The van der Waals surface area contributed by atoms with Gasteiger partial charge in [-0.1, -0.05) is 6.07 Å². The Hall–Kier alpha value is -3.33. The summed E-state index contributed by atoms with van der Waals surface area (Å²) in [5, 5.41) is 14.3. The van der Waals surface area contributed by atoms with Gasteiger partial charge in [-0.3, -0.25) is 14.6 Å². The van der Waals surface area contributed by atoms with Crippen LogP contribution in [0.4, 0.5) is 5.82 Å². The van der Waals surface area contributed by atoms with Crippen molar-refractivity contribution in [3.63, 3.8) is 0 Å². The fourth-order valence-electron chi connectivity index (χ4n) is 3.88. The van der Waals surface area contributed by atoms with E-state index in [2.05, 4.69) is 20.6 Å². The number of hydrogen-bond donors (Lipinski definition) is 3. The van der Waals surface area contributed by atoms with Crippen LogP contribution in [0, 0.1) is 0 Å². The van der Waals surface area contributed by atoms with Crippen LogP contribution in [0.15, 0.2) is 30.6 Å². The van der Waals surface area contributed by atoms with E-state index in [0.717, 1.165) is 36.2 Å². The lowest BCUT2D eigenvalue weighted by Gasteiger charge is -2.23. The number of aryl methyl sites for hydroxylation is 1. The highest BCUT2D eigenvalue weighted by Gasteiger charge is 2.27.